The molecule has 0 radical (unpaired) electrons. The third-order valence-corrected chi connectivity index (χ3v) is 5.48. The Kier molecular flexibility index (Phi) is 4.67. The fourth-order valence-corrected chi connectivity index (χ4v) is 3.72. The minimum Gasteiger partial charge on any atom is -0.388 e. The van der Waals surface area contributed by atoms with Crippen molar-refractivity contribution >= 4 is 22.7 Å². The van der Waals surface area contributed by atoms with E-state index in [2.05, 4.69) is 20.8 Å². The van der Waals surface area contributed by atoms with E-state index in [-0.39, 0.29) is 5.91 Å². The number of nitrogens with zero attached hydrogens (tertiary/aromatic N) is 2. The highest BCUT2D eigenvalue weighted by Gasteiger charge is 2.29. The zero-order valence-corrected chi connectivity index (χ0v) is 16.7. The lowest BCUT2D eigenvalue weighted by Crippen LogP contribution is -2.24. The number of amides is 1. The second-order valence-corrected chi connectivity index (χ2v) is 7.54. The Morgan fingerprint density at radius 3 is 2.63 bits per heavy atom. The molecular formula is C24H22N4O2. The lowest BCUT2D eigenvalue weighted by Gasteiger charge is -2.11. The molecule has 1 fully saturated rings. The number of para-hydroxylation sites is 1. The Morgan fingerprint density at radius 1 is 1.10 bits per heavy atom. The number of fused-ring (bicyclic) bond motifs is 1. The molecule has 1 saturated carbocycles. The minimum absolute atomic E-state index is 0.157. The number of pyridine rings is 1. The predicted molar refractivity (Wildman–Crippen MR) is 116 cm³/mol. The lowest BCUT2D eigenvalue weighted by molar-refractivity contribution is 0.0952. The summed E-state index contributed by atoms with van der Waals surface area (Å²) < 4.78 is 5.56. The maximum absolute atomic E-state index is 13.3. The summed E-state index contributed by atoms with van der Waals surface area (Å²) in [5.41, 5.74) is 5.43. The minimum atomic E-state index is -0.157. The van der Waals surface area contributed by atoms with Gasteiger partial charge in [0.2, 0.25) is 0 Å². The lowest BCUT2D eigenvalue weighted by atomic mass is 10.0. The van der Waals surface area contributed by atoms with Crippen LogP contribution in [0.4, 0.5) is 5.69 Å². The molecule has 6 nitrogen and oxygen atoms in total. The van der Waals surface area contributed by atoms with Crippen molar-refractivity contribution < 1.29 is 9.32 Å². The van der Waals surface area contributed by atoms with Crippen LogP contribution in [-0.4, -0.2) is 23.1 Å². The second kappa shape index (κ2) is 7.63. The summed E-state index contributed by atoms with van der Waals surface area (Å²) in [6.07, 6.45) is 2.18. The largest absolute Gasteiger partial charge is 0.388 e. The van der Waals surface area contributed by atoms with Gasteiger partial charge >= 0.3 is 0 Å². The van der Waals surface area contributed by atoms with Gasteiger partial charge in [0.1, 0.15) is 5.69 Å². The van der Waals surface area contributed by atoms with Crippen molar-refractivity contribution in [3.63, 3.8) is 0 Å². The van der Waals surface area contributed by atoms with E-state index in [1.54, 1.807) is 0 Å². The normalized spacial score (nSPS) is 13.4. The SMILES string of the molecule is CNc1ccccc1CNC(=O)c1cc(C2CC2)nc2onc(-c3ccccc3)c12. The fraction of sp³-hybridized carbons (Fsp3) is 0.208. The maximum atomic E-state index is 13.3. The molecule has 1 amide bonds. The fourth-order valence-electron chi connectivity index (χ4n) is 3.72. The van der Waals surface area contributed by atoms with Gasteiger partial charge in [-0.2, -0.15) is 0 Å². The van der Waals surface area contributed by atoms with Gasteiger partial charge in [0.25, 0.3) is 11.6 Å². The van der Waals surface area contributed by atoms with Crippen molar-refractivity contribution in [2.24, 2.45) is 0 Å². The van der Waals surface area contributed by atoms with Crippen LogP contribution in [0.3, 0.4) is 0 Å². The molecule has 0 bridgehead atoms. The summed E-state index contributed by atoms with van der Waals surface area (Å²) in [6, 6.07) is 19.6. The van der Waals surface area contributed by atoms with Gasteiger partial charge in [-0.1, -0.05) is 53.7 Å². The highest BCUT2D eigenvalue weighted by Crippen LogP contribution is 2.41. The van der Waals surface area contributed by atoms with Crippen LogP contribution in [0.15, 0.2) is 65.2 Å². The number of hydrogen-bond acceptors (Lipinski definition) is 5. The Labute approximate surface area is 174 Å². The Balaban J connectivity index is 1.54. The van der Waals surface area contributed by atoms with E-state index in [0.29, 0.717) is 34.8 Å². The average Bonchev–Trinajstić information content (AvgIpc) is 3.56. The molecule has 2 N–H and O–H groups in total. The number of carbonyl (C=O) groups excluding carboxylic acids is 1. The molecule has 0 unspecified atom stereocenters. The molecule has 0 atom stereocenters. The summed E-state index contributed by atoms with van der Waals surface area (Å²) in [7, 11) is 1.87. The van der Waals surface area contributed by atoms with Gasteiger partial charge in [-0.15, -0.1) is 0 Å². The van der Waals surface area contributed by atoms with Crippen LogP contribution in [0, 0.1) is 0 Å². The van der Waals surface area contributed by atoms with Crippen LogP contribution >= 0.6 is 0 Å². The summed E-state index contributed by atoms with van der Waals surface area (Å²) in [4.78, 5) is 17.9. The van der Waals surface area contributed by atoms with Gasteiger partial charge in [-0.3, -0.25) is 4.79 Å². The second-order valence-electron chi connectivity index (χ2n) is 7.54. The summed E-state index contributed by atoms with van der Waals surface area (Å²) in [5.74, 6) is 0.242. The molecule has 6 heteroatoms. The van der Waals surface area contributed by atoms with Crippen molar-refractivity contribution in [1.29, 1.82) is 0 Å². The number of hydrogen-bond donors (Lipinski definition) is 2. The van der Waals surface area contributed by atoms with E-state index in [9.17, 15) is 4.79 Å². The Hall–Kier alpha value is -3.67. The van der Waals surface area contributed by atoms with Gasteiger partial charge in [0.15, 0.2) is 0 Å². The molecule has 2 aromatic heterocycles. The monoisotopic (exact) mass is 398 g/mol. The first kappa shape index (κ1) is 18.4. The van der Waals surface area contributed by atoms with Crippen molar-refractivity contribution in [2.45, 2.75) is 25.3 Å². The van der Waals surface area contributed by atoms with Gasteiger partial charge in [0.05, 0.1) is 10.9 Å². The van der Waals surface area contributed by atoms with Crippen molar-refractivity contribution in [2.75, 3.05) is 12.4 Å². The highest BCUT2D eigenvalue weighted by atomic mass is 16.5. The molecule has 0 saturated heterocycles. The van der Waals surface area contributed by atoms with E-state index < -0.39 is 0 Å². The molecule has 1 aliphatic rings. The quantitative estimate of drug-likeness (QED) is 0.490. The highest BCUT2D eigenvalue weighted by molar-refractivity contribution is 6.09. The van der Waals surface area contributed by atoms with Gasteiger partial charge < -0.3 is 15.2 Å². The standard InChI is InChI=1S/C24H22N4O2/c1-25-19-10-6-5-9-17(19)14-26-23(29)18-13-20(15-11-12-15)27-24-21(18)22(28-30-24)16-7-3-2-4-8-16/h2-10,13,15,25H,11-12,14H2,1H3,(H,26,29). The van der Waals surface area contributed by atoms with E-state index in [4.69, 9.17) is 4.52 Å². The zero-order valence-electron chi connectivity index (χ0n) is 16.7. The third kappa shape index (κ3) is 3.41. The van der Waals surface area contributed by atoms with E-state index in [0.717, 1.165) is 35.3 Å². The van der Waals surface area contributed by atoms with Gasteiger partial charge in [0, 0.05) is 36.5 Å². The van der Waals surface area contributed by atoms with Crippen LogP contribution in [0.1, 0.15) is 40.4 Å². The van der Waals surface area contributed by atoms with E-state index >= 15 is 0 Å². The van der Waals surface area contributed by atoms with Crippen LogP contribution in [-0.2, 0) is 6.54 Å². The third-order valence-electron chi connectivity index (χ3n) is 5.48. The van der Waals surface area contributed by atoms with Crippen LogP contribution in [0.2, 0.25) is 0 Å². The summed E-state index contributed by atoms with van der Waals surface area (Å²) >= 11 is 0. The number of anilines is 1. The number of aromatic nitrogens is 2. The number of benzene rings is 2. The first-order valence-electron chi connectivity index (χ1n) is 10.1. The Bertz CT molecular complexity index is 1210. The number of carbonyl (C=O) groups is 1. The number of nitrogens with one attached hydrogen (secondary N) is 2. The van der Waals surface area contributed by atoms with Gasteiger partial charge in [-0.25, -0.2) is 4.98 Å². The topological polar surface area (TPSA) is 80.0 Å². The van der Waals surface area contributed by atoms with Gasteiger partial charge in [-0.05, 0) is 30.5 Å². The smallest absolute Gasteiger partial charge is 0.259 e. The first-order valence-corrected chi connectivity index (χ1v) is 10.1. The molecule has 30 heavy (non-hydrogen) atoms. The van der Waals surface area contributed by atoms with Crippen molar-refractivity contribution in [3.8, 4) is 11.3 Å². The molecule has 4 aromatic rings. The zero-order chi connectivity index (χ0) is 20.5. The van der Waals surface area contributed by atoms with Crippen molar-refractivity contribution in [1.82, 2.24) is 15.5 Å². The molecule has 0 aliphatic heterocycles. The van der Waals surface area contributed by atoms with Crippen molar-refractivity contribution in [3.05, 3.63) is 77.5 Å². The molecule has 0 spiro atoms. The van der Waals surface area contributed by atoms with Crippen LogP contribution in [0.5, 0.6) is 0 Å². The Morgan fingerprint density at radius 2 is 1.87 bits per heavy atom. The first-order chi connectivity index (χ1) is 14.7. The average molecular weight is 398 g/mol. The molecule has 2 heterocycles. The predicted octanol–water partition coefficient (Wildman–Crippen LogP) is 4.74. The summed E-state index contributed by atoms with van der Waals surface area (Å²) in [6.45, 7) is 0.421. The van der Waals surface area contributed by atoms with Crippen LogP contribution < -0.4 is 10.6 Å². The maximum Gasteiger partial charge on any atom is 0.259 e. The molecular weight excluding hydrogens is 376 g/mol. The van der Waals surface area contributed by atoms with E-state index in [1.165, 1.54) is 0 Å². The van der Waals surface area contributed by atoms with Crippen LogP contribution in [0.25, 0.3) is 22.4 Å². The van der Waals surface area contributed by atoms with E-state index in [1.807, 2.05) is 67.7 Å². The molecule has 5 rings (SSSR count). The molecule has 2 aromatic carbocycles. The molecule has 150 valence electrons. The molecule has 1 aliphatic carbocycles. The number of rotatable bonds is 6. The summed E-state index contributed by atoms with van der Waals surface area (Å²) in [5, 5.41) is 11.1.